The molecule has 7 nitrogen and oxygen atoms in total. The fourth-order valence-electron chi connectivity index (χ4n) is 3.05. The second kappa shape index (κ2) is 20.8. The van der Waals surface area contributed by atoms with E-state index in [1.807, 2.05) is 27.7 Å². The number of halogens is 3. The SMILES string of the molecule is C=CC=O.CC.CC.CN1CCN(CCc2cccc(C(F)(F)F)c2)CC1.Cc1cc(O)cnc1C(=O)O. The Morgan fingerprint density at radius 1 is 1.11 bits per heavy atom. The van der Waals surface area contributed by atoms with E-state index in [2.05, 4.69) is 28.4 Å². The van der Waals surface area contributed by atoms with Gasteiger partial charge in [-0.2, -0.15) is 13.2 Å². The summed E-state index contributed by atoms with van der Waals surface area (Å²) in [4.78, 5) is 27.5. The van der Waals surface area contributed by atoms with Crippen molar-refractivity contribution in [2.24, 2.45) is 0 Å². The number of likely N-dealkylation sites (N-methyl/N-ethyl adjacent to an activating group) is 1. The number of carbonyl (C=O) groups is 2. The predicted octanol–water partition coefficient (Wildman–Crippen LogP) is 5.71. The van der Waals surface area contributed by atoms with Gasteiger partial charge in [0.25, 0.3) is 0 Å². The van der Waals surface area contributed by atoms with Gasteiger partial charge in [-0.15, -0.1) is 0 Å². The van der Waals surface area contributed by atoms with Crippen molar-refractivity contribution < 1.29 is 33.0 Å². The molecule has 3 rings (SSSR count). The maximum absolute atomic E-state index is 12.6. The van der Waals surface area contributed by atoms with Crippen molar-refractivity contribution in [2.75, 3.05) is 39.8 Å². The summed E-state index contributed by atoms with van der Waals surface area (Å²) in [5.74, 6) is -1.10. The number of allylic oxidation sites excluding steroid dienone is 1. The molecule has 1 aliphatic rings. The molecule has 0 amide bonds. The van der Waals surface area contributed by atoms with Crippen LogP contribution in [0.4, 0.5) is 13.2 Å². The average molecular weight is 542 g/mol. The summed E-state index contributed by atoms with van der Waals surface area (Å²) in [6.45, 7) is 17.6. The maximum Gasteiger partial charge on any atom is 0.416 e. The van der Waals surface area contributed by atoms with Crippen LogP contribution < -0.4 is 0 Å². The number of nitrogens with zero attached hydrogens (tertiary/aromatic N) is 3. The molecule has 0 aliphatic carbocycles. The van der Waals surface area contributed by atoms with E-state index in [0.717, 1.165) is 50.6 Å². The van der Waals surface area contributed by atoms with E-state index < -0.39 is 17.7 Å². The molecule has 1 saturated heterocycles. The van der Waals surface area contributed by atoms with E-state index >= 15 is 0 Å². The quantitative estimate of drug-likeness (QED) is 0.370. The summed E-state index contributed by atoms with van der Waals surface area (Å²) in [6.07, 6.45) is -0.631. The lowest BCUT2D eigenvalue weighted by molar-refractivity contribution is -0.137. The van der Waals surface area contributed by atoms with Crippen molar-refractivity contribution in [1.82, 2.24) is 14.8 Å². The first kappa shape index (κ1) is 36.9. The number of aryl methyl sites for hydroxylation is 1. The van der Waals surface area contributed by atoms with E-state index in [1.54, 1.807) is 13.0 Å². The van der Waals surface area contributed by atoms with Gasteiger partial charge in [0, 0.05) is 32.7 Å². The third kappa shape index (κ3) is 15.8. The zero-order chi connectivity index (χ0) is 29.7. The molecule has 0 spiro atoms. The molecule has 38 heavy (non-hydrogen) atoms. The number of pyridine rings is 1. The Kier molecular flexibility index (Phi) is 20.2. The lowest BCUT2D eigenvalue weighted by Crippen LogP contribution is -2.45. The summed E-state index contributed by atoms with van der Waals surface area (Å²) in [5.41, 5.74) is 0.637. The predicted molar refractivity (Wildman–Crippen MR) is 146 cm³/mol. The van der Waals surface area contributed by atoms with Crippen molar-refractivity contribution in [3.8, 4) is 5.75 Å². The smallest absolute Gasteiger partial charge is 0.416 e. The number of benzene rings is 1. The first-order chi connectivity index (χ1) is 18.0. The fourth-order valence-corrected chi connectivity index (χ4v) is 3.05. The van der Waals surface area contributed by atoms with E-state index in [9.17, 15) is 18.0 Å². The summed E-state index contributed by atoms with van der Waals surface area (Å²) >= 11 is 0. The molecular weight excluding hydrogens is 499 g/mol. The fraction of sp³-hybridized carbons (Fsp3) is 0.464. The van der Waals surface area contributed by atoms with Crippen molar-refractivity contribution in [2.45, 2.75) is 47.2 Å². The van der Waals surface area contributed by atoms with Crippen LogP contribution in [-0.4, -0.2) is 77.0 Å². The minimum absolute atomic E-state index is 0.0208. The van der Waals surface area contributed by atoms with E-state index in [4.69, 9.17) is 15.0 Å². The average Bonchev–Trinajstić information content (AvgIpc) is 2.90. The first-order valence-corrected chi connectivity index (χ1v) is 12.5. The van der Waals surface area contributed by atoms with E-state index in [-0.39, 0.29) is 11.4 Å². The van der Waals surface area contributed by atoms with Crippen LogP contribution in [0.5, 0.6) is 5.75 Å². The highest BCUT2D eigenvalue weighted by Gasteiger charge is 2.30. The maximum atomic E-state index is 12.6. The molecule has 1 aromatic heterocycles. The Morgan fingerprint density at radius 3 is 2.11 bits per heavy atom. The normalized spacial score (nSPS) is 13.0. The van der Waals surface area contributed by atoms with Gasteiger partial charge in [0.1, 0.15) is 12.0 Å². The molecule has 1 fully saturated rings. The van der Waals surface area contributed by atoms with Crippen LogP contribution in [0.3, 0.4) is 0 Å². The zero-order valence-corrected chi connectivity index (χ0v) is 23.3. The molecule has 2 aromatic rings. The van der Waals surface area contributed by atoms with Gasteiger partial charge in [0.15, 0.2) is 5.69 Å². The number of aldehydes is 1. The third-order valence-electron chi connectivity index (χ3n) is 4.93. The molecule has 0 radical (unpaired) electrons. The summed E-state index contributed by atoms with van der Waals surface area (Å²) < 4.78 is 37.8. The molecule has 0 atom stereocenters. The van der Waals surface area contributed by atoms with Crippen LogP contribution in [-0.2, 0) is 17.4 Å². The summed E-state index contributed by atoms with van der Waals surface area (Å²) in [6, 6.07) is 7.00. The molecule has 1 aromatic carbocycles. The highest BCUT2D eigenvalue weighted by molar-refractivity contribution is 5.87. The molecular formula is C28H42F3N3O4. The zero-order valence-electron chi connectivity index (χ0n) is 23.3. The van der Waals surface area contributed by atoms with Gasteiger partial charge in [-0.1, -0.05) is 52.5 Å². The molecule has 214 valence electrons. The number of hydrogen-bond donors (Lipinski definition) is 2. The van der Waals surface area contributed by atoms with E-state index in [1.165, 1.54) is 24.3 Å². The second-order valence-electron chi connectivity index (χ2n) is 7.63. The Balaban J connectivity index is 0. The first-order valence-electron chi connectivity index (χ1n) is 12.5. The van der Waals surface area contributed by atoms with Crippen LogP contribution in [0.1, 0.15) is 54.9 Å². The van der Waals surface area contributed by atoms with Gasteiger partial charge in [-0.25, -0.2) is 9.78 Å². The monoisotopic (exact) mass is 541 g/mol. The highest BCUT2D eigenvalue weighted by Crippen LogP contribution is 2.29. The lowest BCUT2D eigenvalue weighted by Gasteiger charge is -2.32. The Hall–Kier alpha value is -3.24. The number of aromatic nitrogens is 1. The lowest BCUT2D eigenvalue weighted by atomic mass is 10.1. The molecule has 2 heterocycles. The van der Waals surface area contributed by atoms with Crippen molar-refractivity contribution in [3.63, 3.8) is 0 Å². The number of hydrogen-bond acceptors (Lipinski definition) is 6. The molecule has 0 bridgehead atoms. The Morgan fingerprint density at radius 2 is 1.66 bits per heavy atom. The van der Waals surface area contributed by atoms with Crippen LogP contribution in [0.15, 0.2) is 49.2 Å². The standard InChI is InChI=1S/C14H19F3N2.C7H7NO3.C3H4O.2C2H6/c1-18-7-9-19(10-8-18)6-5-12-3-2-4-13(11-12)14(15,16)17;1-4-2-5(9)3-8-6(4)7(10)11;1-2-3-4;2*1-2/h2-4,11H,5-10H2,1H3;2-3,9H,1H3,(H,10,11);2-3H,1H2;2*1-2H3. The van der Waals surface area contributed by atoms with Gasteiger partial charge in [0.2, 0.25) is 0 Å². The molecule has 2 N–H and O–H groups in total. The van der Waals surface area contributed by atoms with Gasteiger partial charge in [-0.05, 0) is 49.7 Å². The number of carboxylic acid groups (broad SMARTS) is 1. The summed E-state index contributed by atoms with van der Waals surface area (Å²) in [5, 5.41) is 17.4. The number of carboxylic acids is 1. The highest BCUT2D eigenvalue weighted by atomic mass is 19.4. The van der Waals surface area contributed by atoms with Crippen molar-refractivity contribution >= 4 is 12.3 Å². The van der Waals surface area contributed by atoms with Gasteiger partial charge < -0.3 is 20.0 Å². The van der Waals surface area contributed by atoms with Gasteiger partial charge in [-0.3, -0.25) is 4.79 Å². The van der Waals surface area contributed by atoms with Crippen LogP contribution in [0.2, 0.25) is 0 Å². The van der Waals surface area contributed by atoms with E-state index in [0.29, 0.717) is 18.3 Å². The third-order valence-corrected chi connectivity index (χ3v) is 4.93. The number of aromatic carboxylic acids is 1. The number of rotatable bonds is 5. The van der Waals surface area contributed by atoms with Gasteiger partial charge >= 0.3 is 12.1 Å². The van der Waals surface area contributed by atoms with Crippen molar-refractivity contribution in [3.05, 3.63) is 71.6 Å². The Labute approximate surface area is 224 Å². The second-order valence-corrected chi connectivity index (χ2v) is 7.63. The number of alkyl halides is 3. The minimum Gasteiger partial charge on any atom is -0.506 e. The minimum atomic E-state index is -4.25. The van der Waals surface area contributed by atoms with Gasteiger partial charge in [0.05, 0.1) is 11.8 Å². The Bertz CT molecular complexity index is 939. The molecule has 10 heteroatoms. The number of aromatic hydroxyl groups is 1. The van der Waals surface area contributed by atoms with Crippen LogP contribution in [0, 0.1) is 6.92 Å². The molecule has 0 unspecified atom stereocenters. The van der Waals surface area contributed by atoms with Crippen LogP contribution >= 0.6 is 0 Å². The van der Waals surface area contributed by atoms with Crippen molar-refractivity contribution in [1.29, 1.82) is 0 Å². The summed E-state index contributed by atoms with van der Waals surface area (Å²) in [7, 11) is 2.09. The van der Waals surface area contributed by atoms with Crippen LogP contribution in [0.25, 0.3) is 0 Å². The molecule has 0 saturated carbocycles. The largest absolute Gasteiger partial charge is 0.506 e. The number of piperazine rings is 1. The number of carbonyl (C=O) groups excluding carboxylic acids is 1. The topological polar surface area (TPSA) is 94.0 Å². The molecule has 1 aliphatic heterocycles.